The normalized spacial score (nSPS) is 10.8. The molecule has 8 aromatic rings. The van der Waals surface area contributed by atoms with E-state index in [1.54, 1.807) is 126 Å². The van der Waals surface area contributed by atoms with Gasteiger partial charge in [-0.05, 0) is 180 Å². The van der Waals surface area contributed by atoms with Crippen LogP contribution in [0.1, 0.15) is 245 Å². The molecule has 2 unspecified atom stereocenters. The number of aliphatic hydroxyl groups excluding tert-OH is 2. The second kappa shape index (κ2) is 73.5. The van der Waals surface area contributed by atoms with Crippen LogP contribution in [-0.4, -0.2) is 146 Å². The minimum atomic E-state index is -3.22. The number of nitrogens with two attached hydrogens (primary N) is 1. The van der Waals surface area contributed by atoms with Gasteiger partial charge < -0.3 is 69.7 Å². The summed E-state index contributed by atoms with van der Waals surface area (Å²) in [4.78, 5) is 145. The number of ether oxygens (including phenoxy) is 5. The van der Waals surface area contributed by atoms with E-state index < -0.39 is 64.0 Å². The summed E-state index contributed by atoms with van der Waals surface area (Å²) >= 11 is 21.4. The van der Waals surface area contributed by atoms with Crippen LogP contribution in [0.5, 0.6) is 0 Å². The van der Waals surface area contributed by atoms with Crippen LogP contribution in [0, 0.1) is 73.3 Å². The molecule has 0 saturated heterocycles. The molecule has 3 aromatic heterocycles. The standard InChI is InChI=1S/C16H21NO4.C16H19NO3.C14H16INO.C14H17NO2.C8H7ClO.C8H13NO4.C8H15NO3.C8H14O3.Al.Cl3OP.ClH.Li.HNO2.Na.H/c1-5-21-16(20)13(14(18)10(2)3)17-15(19)12-8-6-11(4)7-9-12;1-5-19-16(18)13-14(10(2)3)20-15(17-13)12-8-6-11(4)7-9-12;1-9(2)13-12(8-15)16-14(17-13)11-6-4-10(3)5-7-11;1-9(2)13-12(8-16)15-14(17-13)11-6-4-10(3)5-7-11;1-6-2-4-7(5-3-6)8(9)10;1-4-13-8(11)6(9-12)7(10)5(2)3;1-4-12-8(11)6(9)7(10)5(2)3;1-4-11-8(10)5-7(9)6(2)3;;1-5(2,3)4;;;2-1-3;;/h6-10,13H,5H2,1-4H3,(H,17,19);6-10H,5H2,1-4H3;4-7,9H,8H2,1-3H3;4-7,9,16H,8H2,1-3H3;2-5H,1H3;5,10H,4H2,1-3H3;5-6H,4,9H2,1-3H3;6H,4-5H2,1-3H3;;;1H;;(H,2,3);;/q;;;;;;;;;;;+1;;+1;-1/p-1. The maximum Gasteiger partial charge on any atom is 1.00 e. The smallest absolute Gasteiger partial charge is 1.00 e. The summed E-state index contributed by atoms with van der Waals surface area (Å²) in [5.74, 6) is -0.857. The first-order valence-corrected chi connectivity index (χ1v) is 47.3. The second-order valence-electron chi connectivity index (χ2n) is 29.8. The van der Waals surface area contributed by atoms with E-state index in [9.17, 15) is 67.6 Å². The van der Waals surface area contributed by atoms with Crippen molar-refractivity contribution in [2.75, 3.05) is 33.0 Å². The van der Waals surface area contributed by atoms with Crippen LogP contribution in [0.2, 0.25) is 0 Å². The Morgan fingerprint density at radius 3 is 1.15 bits per heavy atom. The van der Waals surface area contributed by atoms with Crippen LogP contribution in [0.3, 0.4) is 0 Å². The summed E-state index contributed by atoms with van der Waals surface area (Å²) in [5.41, 5.74) is 16.3. The molecule has 5 N–H and O–H groups in total. The SMILES string of the molecule is CCOC(=O)C(N)C(=O)C(C)C.CCOC(=O)C(N=O)=C(O)C(C)C.CCOC(=O)C(NC(=O)c1ccc(C)cc1)C(=O)C(C)C.CCOC(=O)CC(=O)C(C)C.CCOC(=O)c1nc(-c2ccc(C)cc2)oc1C(C)C.Cc1ccc(-c2nc(CI)c(C(C)C)o2)cc1.Cc1ccc(-c2nc(CO)c(C(C)C)o2)cc1.Cc1ccc(C(=O)Cl)cc1.Cl.O=N[O-].O=P(Cl)(Cl)Cl.[Al].[H-].[Li+].[Na+]. The van der Waals surface area contributed by atoms with Gasteiger partial charge in [0, 0.05) is 91.0 Å². The number of nitroso groups, excluding NO2 is 1. The fourth-order valence-electron chi connectivity index (χ4n) is 9.70. The van der Waals surface area contributed by atoms with Crippen molar-refractivity contribution in [3.63, 3.8) is 0 Å². The van der Waals surface area contributed by atoms with Crippen molar-refractivity contribution in [3.8, 4) is 34.4 Å². The van der Waals surface area contributed by atoms with Gasteiger partial charge in [0.2, 0.25) is 23.4 Å². The van der Waals surface area contributed by atoms with Crippen molar-refractivity contribution in [2.45, 2.75) is 213 Å². The molecular formula is C92H124AlCl5ILiN7NaO24P. The number of aromatic nitrogens is 3. The van der Waals surface area contributed by atoms with Gasteiger partial charge in [0.25, 0.3) is 11.1 Å². The van der Waals surface area contributed by atoms with Crippen molar-refractivity contribution >= 4 is 161 Å². The first-order valence-electron chi connectivity index (χ1n) is 41.0. The number of amides is 1. The number of aryl methyl sites for hydroxylation is 5. The fourth-order valence-corrected chi connectivity index (χ4v) is 10.4. The Bertz CT molecular complexity index is 4810. The van der Waals surface area contributed by atoms with Gasteiger partial charge in [-0.3, -0.25) is 33.3 Å². The first-order chi connectivity index (χ1) is 60.3. The van der Waals surface area contributed by atoms with E-state index in [4.69, 9.17) is 50.2 Å². The molecule has 3 radical (unpaired) electrons. The molecule has 0 spiro atoms. The van der Waals surface area contributed by atoms with Crippen LogP contribution in [0.4, 0.5) is 0 Å². The number of nitrogens with zero attached hydrogens (tertiary/aromatic N) is 5. The van der Waals surface area contributed by atoms with Crippen LogP contribution in [0.25, 0.3) is 34.4 Å². The number of rotatable bonds is 29. The number of ketones is 3. The number of alkyl halides is 1. The van der Waals surface area contributed by atoms with Crippen LogP contribution >= 0.6 is 85.5 Å². The zero-order valence-electron chi connectivity index (χ0n) is 81.4. The number of oxazole rings is 3. The molecule has 3 heterocycles. The van der Waals surface area contributed by atoms with Gasteiger partial charge in [-0.15, -0.1) is 22.7 Å². The molecule has 723 valence electrons. The predicted octanol–water partition coefficient (Wildman–Crippen LogP) is 16.4. The third-order valence-electron chi connectivity index (χ3n) is 16.6. The van der Waals surface area contributed by atoms with E-state index in [-0.39, 0.29) is 177 Å². The van der Waals surface area contributed by atoms with Gasteiger partial charge in [0.15, 0.2) is 29.3 Å². The average Bonchev–Trinajstić information content (AvgIpc) is 1.67. The summed E-state index contributed by atoms with van der Waals surface area (Å²) in [6, 6.07) is 35.7. The average molecular weight is 2100 g/mol. The maximum atomic E-state index is 12.1. The Labute approximate surface area is 865 Å². The molecule has 5 aromatic carbocycles. The van der Waals surface area contributed by atoms with E-state index >= 15 is 0 Å². The maximum absolute atomic E-state index is 12.1. The molecule has 0 aliphatic heterocycles. The van der Waals surface area contributed by atoms with E-state index in [0.717, 1.165) is 66.3 Å². The Morgan fingerprint density at radius 2 is 0.850 bits per heavy atom. The monoisotopic (exact) mass is 2100 g/mol. The Morgan fingerprint density at radius 1 is 0.519 bits per heavy atom. The number of Topliss-reactive ketones (excluding diaryl/α,β-unsaturated/α-hetero) is 3. The fraction of sp³-hybridized carbons (Fsp3) is 0.446. The van der Waals surface area contributed by atoms with Crippen molar-refractivity contribution in [1.82, 2.24) is 20.3 Å². The largest absolute Gasteiger partial charge is 1.00 e. The summed E-state index contributed by atoms with van der Waals surface area (Å²) in [6.45, 7) is 45.3. The third-order valence-corrected chi connectivity index (χ3v) is 17.5. The van der Waals surface area contributed by atoms with Gasteiger partial charge >= 0.3 is 83.5 Å². The molecular weight excluding hydrogens is 1980 g/mol. The Hall–Kier alpha value is -7.77. The van der Waals surface area contributed by atoms with E-state index in [2.05, 4.69) is 141 Å². The Balaban J connectivity index is -0.000000273. The van der Waals surface area contributed by atoms with Gasteiger partial charge in [0.1, 0.15) is 40.9 Å². The summed E-state index contributed by atoms with van der Waals surface area (Å²) in [6.07, 6.45) is -0.0918. The summed E-state index contributed by atoms with van der Waals surface area (Å²) < 4.78 is 51.3. The quantitative estimate of drug-likeness (QED) is 0.00275. The Kier molecular flexibility index (Phi) is 75.1. The zero-order chi connectivity index (χ0) is 99.3. The van der Waals surface area contributed by atoms with Crippen LogP contribution in [-0.2, 0) is 72.8 Å². The predicted molar refractivity (Wildman–Crippen MR) is 523 cm³/mol. The number of carbonyl (C=O) groups is 10. The van der Waals surface area contributed by atoms with Gasteiger partial charge in [-0.2, -0.15) is 0 Å². The number of carbonyl (C=O) groups excluding carboxylic acids is 10. The molecule has 0 bridgehead atoms. The van der Waals surface area contributed by atoms with E-state index in [1.807, 2.05) is 116 Å². The molecule has 0 saturated carbocycles. The minimum Gasteiger partial charge on any atom is -1.00 e. The molecule has 0 aliphatic carbocycles. The van der Waals surface area contributed by atoms with Crippen LogP contribution < -0.4 is 59.5 Å². The van der Waals surface area contributed by atoms with Crippen molar-refractivity contribution in [3.05, 3.63) is 221 Å². The number of nitrogens with one attached hydrogen (secondary N) is 1. The van der Waals surface area contributed by atoms with Crippen molar-refractivity contribution in [1.29, 1.82) is 0 Å². The van der Waals surface area contributed by atoms with Crippen molar-refractivity contribution < 1.29 is 150 Å². The molecule has 31 nitrogen and oxygen atoms in total. The van der Waals surface area contributed by atoms with E-state index in [0.29, 0.717) is 53.5 Å². The topological polar surface area (TPSA) is 472 Å². The van der Waals surface area contributed by atoms with Gasteiger partial charge in [-0.25, -0.2) is 34.1 Å². The number of benzene rings is 5. The first kappa shape index (κ1) is 136. The van der Waals surface area contributed by atoms with Crippen LogP contribution in [0.15, 0.2) is 157 Å². The number of halogens is 6. The number of allylic oxidation sites excluding steroid dienone is 1. The molecule has 1 amide bonds. The summed E-state index contributed by atoms with van der Waals surface area (Å²) in [5, 5.41) is 28.8. The second-order valence-corrected chi connectivity index (χ2v) is 37.5. The molecule has 41 heteroatoms. The zero-order valence-corrected chi connectivity index (χ0v) is 90.5. The summed E-state index contributed by atoms with van der Waals surface area (Å²) in [7, 11) is 0. The van der Waals surface area contributed by atoms with Gasteiger partial charge in [-0.1, -0.05) is 208 Å². The number of hydrogen-bond donors (Lipinski definition) is 4. The molecule has 0 aliphatic rings. The molecule has 8 rings (SSSR count). The molecule has 133 heavy (non-hydrogen) atoms. The molecule has 2 atom stereocenters. The molecule has 0 fully saturated rings. The number of aliphatic hydroxyl groups is 2. The van der Waals surface area contributed by atoms with E-state index in [1.165, 1.54) is 11.1 Å². The van der Waals surface area contributed by atoms with Crippen molar-refractivity contribution in [2.24, 2.45) is 39.9 Å². The third kappa shape index (κ3) is 55.3. The number of esters is 5. The van der Waals surface area contributed by atoms with Gasteiger partial charge in [0.05, 0.1) is 45.3 Å². The number of hydrogen-bond acceptors (Lipinski definition) is 30. The minimum absolute atomic E-state index is 0.